The standard InChI is InChI=1S/C9H20ClNO/c1-8(7-10)11-6-5-9(2,3)12-4/h8,11H,5-7H2,1-4H3. The van der Waals surface area contributed by atoms with Crippen LogP contribution in [0, 0.1) is 0 Å². The van der Waals surface area contributed by atoms with Gasteiger partial charge in [0.05, 0.1) is 5.60 Å². The monoisotopic (exact) mass is 193 g/mol. The van der Waals surface area contributed by atoms with E-state index < -0.39 is 0 Å². The molecular weight excluding hydrogens is 174 g/mol. The molecule has 0 aliphatic carbocycles. The smallest absolute Gasteiger partial charge is 0.0634 e. The van der Waals surface area contributed by atoms with Crippen LogP contribution in [0.3, 0.4) is 0 Å². The Kier molecular flexibility index (Phi) is 5.89. The van der Waals surface area contributed by atoms with Crippen molar-refractivity contribution in [3.8, 4) is 0 Å². The molecule has 1 N–H and O–H groups in total. The molecule has 0 saturated heterocycles. The number of methoxy groups -OCH3 is 1. The molecule has 0 aliphatic heterocycles. The van der Waals surface area contributed by atoms with Gasteiger partial charge < -0.3 is 10.1 Å². The van der Waals surface area contributed by atoms with Crippen molar-refractivity contribution in [1.29, 1.82) is 0 Å². The lowest BCUT2D eigenvalue weighted by Crippen LogP contribution is -2.34. The van der Waals surface area contributed by atoms with Crippen LogP contribution in [-0.4, -0.2) is 31.2 Å². The van der Waals surface area contributed by atoms with Crippen LogP contribution < -0.4 is 5.32 Å². The molecule has 74 valence electrons. The summed E-state index contributed by atoms with van der Waals surface area (Å²) in [5.74, 6) is 0.660. The molecule has 0 aromatic carbocycles. The van der Waals surface area contributed by atoms with Crippen LogP contribution in [0.5, 0.6) is 0 Å². The maximum atomic E-state index is 5.64. The van der Waals surface area contributed by atoms with E-state index in [9.17, 15) is 0 Å². The topological polar surface area (TPSA) is 21.3 Å². The number of ether oxygens (including phenoxy) is 1. The zero-order chi connectivity index (χ0) is 9.61. The summed E-state index contributed by atoms with van der Waals surface area (Å²) in [4.78, 5) is 0. The third-order valence-electron chi connectivity index (χ3n) is 2.00. The first kappa shape index (κ1) is 12.2. The SMILES string of the molecule is COC(C)(C)CCNC(C)CCl. The van der Waals surface area contributed by atoms with Crippen molar-refractivity contribution in [3.63, 3.8) is 0 Å². The van der Waals surface area contributed by atoms with Gasteiger partial charge in [-0.1, -0.05) is 0 Å². The molecular formula is C9H20ClNO. The fourth-order valence-electron chi connectivity index (χ4n) is 0.776. The van der Waals surface area contributed by atoms with E-state index in [1.54, 1.807) is 7.11 Å². The molecule has 3 heteroatoms. The van der Waals surface area contributed by atoms with Gasteiger partial charge in [-0.05, 0) is 33.7 Å². The summed E-state index contributed by atoms with van der Waals surface area (Å²) >= 11 is 5.64. The minimum absolute atomic E-state index is 0.0287. The van der Waals surface area contributed by atoms with Crippen molar-refractivity contribution in [1.82, 2.24) is 5.32 Å². The first-order valence-corrected chi connectivity index (χ1v) is 4.90. The lowest BCUT2D eigenvalue weighted by Gasteiger charge is -2.23. The van der Waals surface area contributed by atoms with Gasteiger partial charge in [0.2, 0.25) is 0 Å². The number of nitrogens with one attached hydrogen (secondary N) is 1. The zero-order valence-corrected chi connectivity index (χ0v) is 9.24. The van der Waals surface area contributed by atoms with Crippen molar-refractivity contribution in [2.24, 2.45) is 0 Å². The average molecular weight is 194 g/mol. The highest BCUT2D eigenvalue weighted by molar-refractivity contribution is 6.18. The van der Waals surface area contributed by atoms with Crippen LogP contribution in [0.15, 0.2) is 0 Å². The molecule has 0 aromatic rings. The van der Waals surface area contributed by atoms with Crippen LogP contribution in [0.1, 0.15) is 27.2 Å². The Bertz CT molecular complexity index is 117. The predicted octanol–water partition coefficient (Wildman–Crippen LogP) is 2.02. The Morgan fingerprint density at radius 3 is 2.50 bits per heavy atom. The van der Waals surface area contributed by atoms with E-state index in [0.717, 1.165) is 13.0 Å². The molecule has 12 heavy (non-hydrogen) atoms. The second kappa shape index (κ2) is 5.79. The number of rotatable bonds is 6. The maximum Gasteiger partial charge on any atom is 0.0634 e. The molecule has 0 aliphatic rings. The van der Waals surface area contributed by atoms with Gasteiger partial charge in [0.1, 0.15) is 0 Å². The van der Waals surface area contributed by atoms with E-state index in [2.05, 4.69) is 26.1 Å². The molecule has 0 aromatic heterocycles. The Labute approximate surface area is 80.6 Å². The van der Waals surface area contributed by atoms with E-state index in [1.165, 1.54) is 0 Å². The molecule has 1 unspecified atom stereocenters. The molecule has 2 nitrogen and oxygen atoms in total. The van der Waals surface area contributed by atoms with Gasteiger partial charge in [-0.15, -0.1) is 11.6 Å². The van der Waals surface area contributed by atoms with E-state index in [-0.39, 0.29) is 5.60 Å². The summed E-state index contributed by atoms with van der Waals surface area (Å²) in [5, 5.41) is 3.31. The zero-order valence-electron chi connectivity index (χ0n) is 8.48. The molecule has 0 spiro atoms. The summed E-state index contributed by atoms with van der Waals surface area (Å²) in [7, 11) is 1.74. The number of alkyl halides is 1. The lowest BCUT2D eigenvalue weighted by atomic mass is 10.1. The Morgan fingerprint density at radius 2 is 2.08 bits per heavy atom. The summed E-state index contributed by atoms with van der Waals surface area (Å²) in [5.41, 5.74) is -0.0287. The van der Waals surface area contributed by atoms with Gasteiger partial charge in [0.25, 0.3) is 0 Å². The highest BCUT2D eigenvalue weighted by atomic mass is 35.5. The van der Waals surface area contributed by atoms with Crippen molar-refractivity contribution < 1.29 is 4.74 Å². The molecule has 0 heterocycles. The highest BCUT2D eigenvalue weighted by Gasteiger charge is 2.15. The van der Waals surface area contributed by atoms with Gasteiger partial charge in [-0.3, -0.25) is 0 Å². The number of hydrogen-bond acceptors (Lipinski definition) is 2. The number of hydrogen-bond donors (Lipinski definition) is 1. The van der Waals surface area contributed by atoms with Crippen molar-refractivity contribution in [3.05, 3.63) is 0 Å². The fourth-order valence-corrected chi connectivity index (χ4v) is 0.885. The molecule has 0 radical (unpaired) electrons. The molecule has 0 saturated carbocycles. The Balaban J connectivity index is 3.42. The molecule has 0 bridgehead atoms. The first-order chi connectivity index (χ1) is 5.52. The second-order valence-corrected chi connectivity index (χ2v) is 4.03. The van der Waals surface area contributed by atoms with Crippen molar-refractivity contribution in [2.45, 2.75) is 38.8 Å². The summed E-state index contributed by atoms with van der Waals surface area (Å²) in [6.45, 7) is 7.20. The second-order valence-electron chi connectivity index (χ2n) is 3.72. The van der Waals surface area contributed by atoms with Crippen LogP contribution in [0.25, 0.3) is 0 Å². The predicted molar refractivity (Wildman–Crippen MR) is 53.9 cm³/mol. The molecule has 1 atom stereocenters. The minimum Gasteiger partial charge on any atom is -0.379 e. The normalized spacial score (nSPS) is 14.8. The fraction of sp³-hybridized carbons (Fsp3) is 1.00. The number of halogens is 1. The largest absolute Gasteiger partial charge is 0.379 e. The summed E-state index contributed by atoms with van der Waals surface area (Å²) < 4.78 is 5.28. The van der Waals surface area contributed by atoms with E-state index >= 15 is 0 Å². The van der Waals surface area contributed by atoms with Crippen LogP contribution in [-0.2, 0) is 4.74 Å². The van der Waals surface area contributed by atoms with Crippen molar-refractivity contribution in [2.75, 3.05) is 19.5 Å². The maximum absolute atomic E-state index is 5.64. The lowest BCUT2D eigenvalue weighted by molar-refractivity contribution is 0.0156. The first-order valence-electron chi connectivity index (χ1n) is 4.36. The van der Waals surface area contributed by atoms with Crippen LogP contribution >= 0.6 is 11.6 Å². The van der Waals surface area contributed by atoms with Crippen LogP contribution in [0.4, 0.5) is 0 Å². The Morgan fingerprint density at radius 1 is 1.50 bits per heavy atom. The minimum atomic E-state index is -0.0287. The van der Waals surface area contributed by atoms with Gasteiger partial charge in [-0.2, -0.15) is 0 Å². The third-order valence-corrected chi connectivity index (χ3v) is 2.47. The van der Waals surface area contributed by atoms with E-state index in [1.807, 2.05) is 0 Å². The molecule has 0 fully saturated rings. The summed E-state index contributed by atoms with van der Waals surface area (Å²) in [6.07, 6.45) is 1.00. The van der Waals surface area contributed by atoms with Gasteiger partial charge in [0.15, 0.2) is 0 Å². The van der Waals surface area contributed by atoms with E-state index in [0.29, 0.717) is 11.9 Å². The summed E-state index contributed by atoms with van der Waals surface area (Å²) in [6, 6.07) is 0.388. The highest BCUT2D eigenvalue weighted by Crippen LogP contribution is 2.11. The van der Waals surface area contributed by atoms with Gasteiger partial charge >= 0.3 is 0 Å². The Hall–Kier alpha value is 0.210. The van der Waals surface area contributed by atoms with Gasteiger partial charge in [-0.25, -0.2) is 0 Å². The quantitative estimate of drug-likeness (QED) is 0.652. The average Bonchev–Trinajstić information content (AvgIpc) is 2.04. The van der Waals surface area contributed by atoms with Crippen molar-refractivity contribution >= 4 is 11.6 Å². The van der Waals surface area contributed by atoms with Gasteiger partial charge in [0, 0.05) is 19.0 Å². The van der Waals surface area contributed by atoms with Crippen LogP contribution in [0.2, 0.25) is 0 Å². The third kappa shape index (κ3) is 5.81. The molecule has 0 amide bonds. The van der Waals surface area contributed by atoms with E-state index in [4.69, 9.17) is 16.3 Å². The molecule has 0 rings (SSSR count).